The number of aromatic nitrogens is 2. The molecule has 7 aromatic carbocycles. The molecule has 0 aliphatic carbocycles. The summed E-state index contributed by atoms with van der Waals surface area (Å²) >= 11 is 0. The molecule has 1 fully saturated rings. The molecule has 5 heteroatoms. The summed E-state index contributed by atoms with van der Waals surface area (Å²) in [6.45, 7) is 25.4. The second kappa shape index (κ2) is 15.4. The highest BCUT2D eigenvalue weighted by Gasteiger charge is 2.78. The van der Waals surface area contributed by atoms with Gasteiger partial charge in [0.2, 0.25) is 11.4 Å². The molecule has 0 saturated carbocycles. The quantitative estimate of drug-likeness (QED) is 0.0821. The molecule has 5 nitrogen and oxygen atoms in total. The lowest BCUT2D eigenvalue weighted by atomic mass is 9.84. The predicted octanol–water partition coefficient (Wildman–Crippen LogP) is 17.5. The van der Waals surface area contributed by atoms with Gasteiger partial charge >= 0.3 is 0 Å². The largest absolute Gasteiger partial charge is 0.457 e. The smallest absolute Gasteiger partial charge is 0.225 e. The number of benzene rings is 7. The Labute approximate surface area is 396 Å². The Balaban J connectivity index is 1.07. The number of ether oxygens (including phenoxy) is 1. The number of pyridine rings is 1. The van der Waals surface area contributed by atoms with Crippen LogP contribution in [-0.2, 0) is 10.8 Å². The van der Waals surface area contributed by atoms with Gasteiger partial charge in [-0.2, -0.15) is 9.18 Å². The minimum Gasteiger partial charge on any atom is -0.457 e. The van der Waals surface area contributed by atoms with E-state index in [1.165, 1.54) is 78.0 Å². The van der Waals surface area contributed by atoms with Gasteiger partial charge in [-0.15, -0.1) is 0 Å². The number of hydrogen-bond acceptors (Lipinski definition) is 2. The van der Waals surface area contributed by atoms with E-state index < -0.39 is 0 Å². The SMILES string of the molecule is CC(C)c1cccc(C(C)C)c1-c1cc(-c2ccccc2)cc([N@+]23[CH-][N+]2(c2cc(Oc4ccc5c6ccccc6n(-c6cc(C(C)(C)C)ccn6)c5c4)cc(C(C)(C)C)c2)c2ccccc23)c1. The monoisotopic (exact) mass is 877 g/mol. The number of fused-ring (bicyclic) bond motifs is 7. The van der Waals surface area contributed by atoms with Crippen LogP contribution in [0, 0.1) is 6.67 Å². The third-order valence-electron chi connectivity index (χ3n) is 14.3. The van der Waals surface area contributed by atoms with E-state index in [4.69, 9.17) is 9.72 Å². The van der Waals surface area contributed by atoms with Crippen LogP contribution in [-0.4, -0.2) is 9.55 Å². The van der Waals surface area contributed by atoms with E-state index in [1.54, 1.807) is 0 Å². The first kappa shape index (κ1) is 42.8. The molecule has 2 aliphatic rings. The summed E-state index contributed by atoms with van der Waals surface area (Å²) in [5.74, 6) is 3.24. The van der Waals surface area contributed by atoms with E-state index >= 15 is 0 Å². The summed E-state index contributed by atoms with van der Waals surface area (Å²) in [5.41, 5.74) is 17.3. The fourth-order valence-corrected chi connectivity index (χ4v) is 10.8. The molecule has 4 heterocycles. The van der Waals surface area contributed by atoms with Gasteiger partial charge in [-0.05, 0) is 110 Å². The van der Waals surface area contributed by atoms with E-state index in [0.29, 0.717) is 21.0 Å². The van der Waals surface area contributed by atoms with Gasteiger partial charge in [0, 0.05) is 59.4 Å². The van der Waals surface area contributed by atoms with Gasteiger partial charge < -0.3 is 4.74 Å². The van der Waals surface area contributed by atoms with Gasteiger partial charge in [0.1, 0.15) is 17.3 Å². The molecule has 67 heavy (non-hydrogen) atoms. The Morgan fingerprint density at radius 3 is 1.78 bits per heavy atom. The lowest BCUT2D eigenvalue weighted by molar-refractivity contribution is 0.422. The molecule has 0 radical (unpaired) electrons. The molecule has 1 saturated heterocycles. The zero-order chi connectivity index (χ0) is 46.6. The van der Waals surface area contributed by atoms with Crippen molar-refractivity contribution >= 4 is 44.6 Å². The van der Waals surface area contributed by atoms with Crippen LogP contribution in [0.25, 0.3) is 49.9 Å². The van der Waals surface area contributed by atoms with Crippen LogP contribution in [0.5, 0.6) is 11.5 Å². The number of para-hydroxylation sites is 3. The van der Waals surface area contributed by atoms with Crippen molar-refractivity contribution in [3.8, 4) is 39.6 Å². The zero-order valence-corrected chi connectivity index (χ0v) is 40.6. The van der Waals surface area contributed by atoms with Gasteiger partial charge in [-0.25, -0.2) is 4.98 Å². The van der Waals surface area contributed by atoms with Crippen LogP contribution < -0.4 is 13.9 Å². The van der Waals surface area contributed by atoms with Gasteiger partial charge in [0.25, 0.3) is 0 Å². The summed E-state index contributed by atoms with van der Waals surface area (Å²) < 4.78 is 10.5. The number of hydrogen-bond donors (Lipinski definition) is 0. The zero-order valence-electron chi connectivity index (χ0n) is 40.6. The molecular formula is C62H61N4O+. The van der Waals surface area contributed by atoms with Crippen LogP contribution >= 0.6 is 0 Å². The second-order valence-corrected chi connectivity index (χ2v) is 21.5. The van der Waals surface area contributed by atoms with Crippen LogP contribution in [0.1, 0.15) is 103 Å². The van der Waals surface area contributed by atoms with Crippen LogP contribution in [0.3, 0.4) is 0 Å². The van der Waals surface area contributed by atoms with E-state index in [1.807, 2.05) is 6.20 Å². The van der Waals surface area contributed by atoms with Gasteiger partial charge in [-0.1, -0.05) is 148 Å². The van der Waals surface area contributed by atoms with Crippen molar-refractivity contribution < 1.29 is 4.74 Å². The fraction of sp³-hybridized carbons (Fsp3) is 0.226. The molecule has 0 spiro atoms. The molecular weight excluding hydrogens is 817 g/mol. The topological polar surface area (TPSA) is 27.1 Å². The van der Waals surface area contributed by atoms with E-state index in [9.17, 15) is 0 Å². The molecule has 9 aromatic rings. The minimum atomic E-state index is -0.142. The fourth-order valence-electron chi connectivity index (χ4n) is 10.8. The van der Waals surface area contributed by atoms with Crippen LogP contribution in [0.15, 0.2) is 170 Å². The standard InChI is InChI=1S/C62H61N4O/c1-40(2)51-22-18-23-52(41(3)4)60(51)44-31-43(42-19-12-11-13-20-42)32-47(33-44)65-39-66(65,58-26-17-16-25-57(58)65)48-34-46(62(8,9)10)35-50(37-48)67-49-27-28-54-53-21-14-15-24-55(53)64(56(54)38-49)59-36-45(29-30-63-59)61(5,6)7/h11-41H,1-10H3/q+1/t65-,66?/m0/s1. The van der Waals surface area contributed by atoms with Crippen molar-refractivity contribution in [1.82, 2.24) is 18.7 Å². The Kier molecular flexibility index (Phi) is 9.83. The van der Waals surface area contributed by atoms with E-state index in [2.05, 4.69) is 244 Å². The molecule has 0 N–H and O–H groups in total. The summed E-state index contributed by atoms with van der Waals surface area (Å²) in [4.78, 5) is 4.94. The Hall–Kier alpha value is -6.79. The lowest BCUT2D eigenvalue weighted by Gasteiger charge is -2.40. The summed E-state index contributed by atoms with van der Waals surface area (Å²) in [6.07, 6.45) is 1.94. The lowest BCUT2D eigenvalue weighted by Crippen LogP contribution is -2.46. The van der Waals surface area contributed by atoms with Gasteiger partial charge in [0.15, 0.2) is 18.0 Å². The third kappa shape index (κ3) is 6.77. The maximum atomic E-state index is 7.10. The average molecular weight is 878 g/mol. The first-order valence-electron chi connectivity index (χ1n) is 24.0. The van der Waals surface area contributed by atoms with Crippen molar-refractivity contribution in [2.75, 3.05) is 0 Å². The second-order valence-electron chi connectivity index (χ2n) is 21.5. The normalized spacial score (nSPS) is 17.7. The third-order valence-corrected chi connectivity index (χ3v) is 14.3. The molecule has 334 valence electrons. The number of quaternary nitrogens is 2. The van der Waals surface area contributed by atoms with Crippen molar-refractivity contribution in [2.45, 2.75) is 91.9 Å². The predicted molar refractivity (Wildman–Crippen MR) is 282 cm³/mol. The highest BCUT2D eigenvalue weighted by molar-refractivity contribution is 6.09. The highest BCUT2D eigenvalue weighted by Crippen LogP contribution is 2.75. The van der Waals surface area contributed by atoms with Crippen molar-refractivity contribution in [2.24, 2.45) is 0 Å². The maximum absolute atomic E-state index is 7.10. The summed E-state index contributed by atoms with van der Waals surface area (Å²) in [7, 11) is 0. The number of rotatable bonds is 9. The van der Waals surface area contributed by atoms with E-state index in [0.717, 1.165) is 28.4 Å². The van der Waals surface area contributed by atoms with Gasteiger partial charge in [0.05, 0.1) is 11.0 Å². The van der Waals surface area contributed by atoms with Crippen LogP contribution in [0.4, 0.5) is 22.7 Å². The van der Waals surface area contributed by atoms with E-state index in [-0.39, 0.29) is 10.8 Å². The van der Waals surface area contributed by atoms with Crippen molar-refractivity contribution in [3.05, 3.63) is 199 Å². The first-order valence-corrected chi connectivity index (χ1v) is 24.0. The molecule has 1 unspecified atom stereocenters. The Bertz CT molecular complexity index is 3370. The highest BCUT2D eigenvalue weighted by atomic mass is 16.5. The molecule has 0 amide bonds. The molecule has 2 atom stereocenters. The van der Waals surface area contributed by atoms with Gasteiger partial charge in [-0.3, -0.25) is 4.57 Å². The number of nitrogens with zero attached hydrogens (tertiary/aromatic N) is 4. The minimum absolute atomic E-state index is 0.0157. The summed E-state index contributed by atoms with van der Waals surface area (Å²) in [5, 5.41) is 2.36. The molecule has 11 rings (SSSR count). The van der Waals surface area contributed by atoms with Crippen molar-refractivity contribution in [3.63, 3.8) is 0 Å². The maximum Gasteiger partial charge on any atom is 0.225 e. The average Bonchev–Trinajstić information content (AvgIpc) is 3.81. The molecule has 0 bridgehead atoms. The van der Waals surface area contributed by atoms with Crippen LogP contribution in [0.2, 0.25) is 0 Å². The Morgan fingerprint density at radius 1 is 0.493 bits per heavy atom. The molecule has 2 aromatic heterocycles. The summed E-state index contributed by atoms with van der Waals surface area (Å²) in [6, 6.07) is 60.6. The van der Waals surface area contributed by atoms with Crippen molar-refractivity contribution in [1.29, 1.82) is 0 Å². The Morgan fingerprint density at radius 2 is 1.10 bits per heavy atom. The molecule has 2 aliphatic heterocycles. The first-order chi connectivity index (χ1) is 32.1.